The summed E-state index contributed by atoms with van der Waals surface area (Å²) in [6.07, 6.45) is 6.31. The number of aryl methyl sites for hydroxylation is 1. The minimum Gasteiger partial charge on any atom is -0.339 e. The molecule has 2 aromatic rings. The minimum absolute atomic E-state index is 0.118. The van der Waals surface area contributed by atoms with E-state index in [1.54, 1.807) is 6.07 Å². The second-order valence-corrected chi connectivity index (χ2v) is 7.28. The first-order valence-electron chi connectivity index (χ1n) is 9.57. The number of aromatic amines is 1. The fraction of sp³-hybridized carbons (Fsp3) is 0.579. The molecule has 1 amide bonds. The van der Waals surface area contributed by atoms with Crippen molar-refractivity contribution in [2.75, 3.05) is 13.1 Å². The van der Waals surface area contributed by atoms with Gasteiger partial charge in [-0.3, -0.25) is 19.1 Å². The molecule has 1 aliphatic heterocycles. The number of amides is 1. The normalized spacial score (nSPS) is 18.1. The van der Waals surface area contributed by atoms with Gasteiger partial charge in [-0.25, -0.2) is 9.78 Å². The quantitative estimate of drug-likeness (QED) is 0.911. The van der Waals surface area contributed by atoms with E-state index in [0.717, 1.165) is 44.2 Å². The van der Waals surface area contributed by atoms with Crippen LogP contribution in [0.25, 0.3) is 11.0 Å². The van der Waals surface area contributed by atoms with Gasteiger partial charge in [-0.2, -0.15) is 0 Å². The van der Waals surface area contributed by atoms with Crippen molar-refractivity contribution in [1.82, 2.24) is 19.4 Å². The molecule has 26 heavy (non-hydrogen) atoms. The maximum Gasteiger partial charge on any atom is 0.329 e. The molecular weight excluding hydrogens is 332 g/mol. The molecule has 2 fully saturated rings. The van der Waals surface area contributed by atoms with Crippen LogP contribution in [0.4, 0.5) is 0 Å². The summed E-state index contributed by atoms with van der Waals surface area (Å²) in [7, 11) is 0. The molecular formula is C19H24N4O3. The zero-order chi connectivity index (χ0) is 18.3. The Bertz CT molecular complexity index is 963. The van der Waals surface area contributed by atoms with E-state index >= 15 is 0 Å². The van der Waals surface area contributed by atoms with E-state index in [0.29, 0.717) is 36.8 Å². The van der Waals surface area contributed by atoms with Crippen molar-refractivity contribution >= 4 is 16.9 Å². The topological polar surface area (TPSA) is 88.1 Å². The molecule has 7 heteroatoms. The monoisotopic (exact) mass is 356 g/mol. The summed E-state index contributed by atoms with van der Waals surface area (Å²) in [4.78, 5) is 46.8. The van der Waals surface area contributed by atoms with Crippen molar-refractivity contribution in [1.29, 1.82) is 0 Å². The van der Waals surface area contributed by atoms with E-state index in [-0.39, 0.29) is 11.3 Å². The van der Waals surface area contributed by atoms with Crippen LogP contribution >= 0.6 is 0 Å². The van der Waals surface area contributed by atoms with Crippen molar-refractivity contribution in [3.05, 3.63) is 38.2 Å². The highest BCUT2D eigenvalue weighted by molar-refractivity contribution is 6.05. The molecule has 0 unspecified atom stereocenters. The standard InChI is InChI=1S/C19H24N4O3/c1-2-23-16-15(17(24)21-19(23)26)13(11-14(20-16)12-7-8-12)18(25)22-9-5-3-4-6-10-22/h11-12H,2-10H2,1H3,(H,21,24,26). The van der Waals surface area contributed by atoms with E-state index < -0.39 is 11.2 Å². The number of carbonyl (C=O) groups excluding carboxylic acids is 1. The number of aromatic nitrogens is 3. The molecule has 4 rings (SSSR count). The number of likely N-dealkylation sites (tertiary alicyclic amines) is 1. The molecule has 1 saturated carbocycles. The largest absolute Gasteiger partial charge is 0.339 e. The van der Waals surface area contributed by atoms with Gasteiger partial charge in [0.1, 0.15) is 0 Å². The second kappa shape index (κ2) is 6.70. The van der Waals surface area contributed by atoms with Crippen molar-refractivity contribution in [2.24, 2.45) is 0 Å². The lowest BCUT2D eigenvalue weighted by atomic mass is 10.1. The molecule has 138 valence electrons. The molecule has 1 aliphatic carbocycles. The van der Waals surface area contributed by atoms with Crippen LogP contribution in [0, 0.1) is 0 Å². The molecule has 2 aliphatic rings. The predicted octanol–water partition coefficient (Wildman–Crippen LogP) is 2.00. The third kappa shape index (κ3) is 2.95. The van der Waals surface area contributed by atoms with Crippen LogP contribution in [0.1, 0.15) is 67.4 Å². The smallest absolute Gasteiger partial charge is 0.329 e. The Hall–Kier alpha value is -2.44. The maximum absolute atomic E-state index is 13.3. The van der Waals surface area contributed by atoms with Gasteiger partial charge in [0.05, 0.1) is 10.9 Å². The van der Waals surface area contributed by atoms with E-state index in [2.05, 4.69) is 9.97 Å². The van der Waals surface area contributed by atoms with Gasteiger partial charge >= 0.3 is 5.69 Å². The number of H-pyrrole nitrogens is 1. The number of nitrogens with zero attached hydrogens (tertiary/aromatic N) is 3. The number of carbonyl (C=O) groups is 1. The van der Waals surface area contributed by atoms with Crippen LogP contribution in [-0.2, 0) is 6.54 Å². The summed E-state index contributed by atoms with van der Waals surface area (Å²) >= 11 is 0. The molecule has 7 nitrogen and oxygen atoms in total. The number of rotatable bonds is 3. The molecule has 0 spiro atoms. The van der Waals surface area contributed by atoms with Gasteiger partial charge in [-0.05, 0) is 38.7 Å². The second-order valence-electron chi connectivity index (χ2n) is 7.28. The number of hydrogen-bond acceptors (Lipinski definition) is 4. The lowest BCUT2D eigenvalue weighted by Gasteiger charge is -2.21. The SMILES string of the molecule is CCn1c(=O)[nH]c(=O)c2c(C(=O)N3CCCCCC3)cc(C3CC3)nc21. The number of hydrogen-bond donors (Lipinski definition) is 1. The molecule has 3 heterocycles. The van der Waals surface area contributed by atoms with Gasteiger partial charge in [0.25, 0.3) is 11.5 Å². The fourth-order valence-corrected chi connectivity index (χ4v) is 3.79. The zero-order valence-electron chi connectivity index (χ0n) is 15.1. The average Bonchev–Trinajstić information content (AvgIpc) is 3.47. The van der Waals surface area contributed by atoms with Gasteiger partial charge in [-0.15, -0.1) is 0 Å². The highest BCUT2D eigenvalue weighted by Crippen LogP contribution is 2.40. The average molecular weight is 356 g/mol. The maximum atomic E-state index is 13.3. The molecule has 0 aromatic carbocycles. The lowest BCUT2D eigenvalue weighted by molar-refractivity contribution is 0.0763. The molecule has 1 N–H and O–H groups in total. The Labute approximate surface area is 151 Å². The number of fused-ring (bicyclic) bond motifs is 1. The predicted molar refractivity (Wildman–Crippen MR) is 98.6 cm³/mol. The minimum atomic E-state index is -0.525. The molecule has 2 aromatic heterocycles. The number of pyridine rings is 1. The van der Waals surface area contributed by atoms with Crippen LogP contribution in [-0.4, -0.2) is 38.4 Å². The van der Waals surface area contributed by atoms with Gasteiger partial charge in [-0.1, -0.05) is 12.8 Å². The van der Waals surface area contributed by atoms with E-state index in [1.807, 2.05) is 11.8 Å². The Balaban J connectivity index is 1.93. The summed E-state index contributed by atoms with van der Waals surface area (Å²) in [5.41, 5.74) is 0.551. The summed E-state index contributed by atoms with van der Waals surface area (Å²) in [5.74, 6) is 0.211. The van der Waals surface area contributed by atoms with Crippen molar-refractivity contribution < 1.29 is 4.79 Å². The van der Waals surface area contributed by atoms with Crippen molar-refractivity contribution in [3.63, 3.8) is 0 Å². The van der Waals surface area contributed by atoms with Crippen molar-refractivity contribution in [2.45, 2.75) is 57.9 Å². The van der Waals surface area contributed by atoms with Crippen LogP contribution < -0.4 is 11.2 Å². The van der Waals surface area contributed by atoms with Gasteiger partial charge in [0.2, 0.25) is 0 Å². The van der Waals surface area contributed by atoms with E-state index in [1.165, 1.54) is 4.57 Å². The molecule has 0 bridgehead atoms. The first-order valence-corrected chi connectivity index (χ1v) is 9.57. The van der Waals surface area contributed by atoms with E-state index in [4.69, 9.17) is 0 Å². The Kier molecular flexibility index (Phi) is 4.38. The fourth-order valence-electron chi connectivity index (χ4n) is 3.79. The Morgan fingerprint density at radius 3 is 2.50 bits per heavy atom. The first kappa shape index (κ1) is 17.0. The molecule has 1 saturated heterocycles. The zero-order valence-corrected chi connectivity index (χ0v) is 15.1. The van der Waals surface area contributed by atoms with Gasteiger partial charge < -0.3 is 4.90 Å². The van der Waals surface area contributed by atoms with Crippen molar-refractivity contribution in [3.8, 4) is 0 Å². The van der Waals surface area contributed by atoms with Gasteiger partial charge in [0, 0.05) is 31.2 Å². The summed E-state index contributed by atoms with van der Waals surface area (Å²) in [6, 6.07) is 1.78. The third-order valence-electron chi connectivity index (χ3n) is 5.40. The summed E-state index contributed by atoms with van der Waals surface area (Å²) in [5, 5.41) is 0.241. The van der Waals surface area contributed by atoms with Crippen LogP contribution in [0.3, 0.4) is 0 Å². The summed E-state index contributed by atoms with van der Waals surface area (Å²) in [6.45, 7) is 3.66. The Morgan fingerprint density at radius 2 is 1.88 bits per heavy atom. The Morgan fingerprint density at radius 1 is 1.19 bits per heavy atom. The molecule has 0 radical (unpaired) electrons. The van der Waals surface area contributed by atoms with Crippen LogP contribution in [0.15, 0.2) is 15.7 Å². The van der Waals surface area contributed by atoms with E-state index in [9.17, 15) is 14.4 Å². The number of nitrogens with one attached hydrogen (secondary N) is 1. The highest BCUT2D eigenvalue weighted by Gasteiger charge is 2.30. The van der Waals surface area contributed by atoms with Gasteiger partial charge in [0.15, 0.2) is 5.65 Å². The van der Waals surface area contributed by atoms with Crippen LogP contribution in [0.5, 0.6) is 0 Å². The molecule has 0 atom stereocenters. The summed E-state index contributed by atoms with van der Waals surface area (Å²) < 4.78 is 1.45. The van der Waals surface area contributed by atoms with Crippen LogP contribution in [0.2, 0.25) is 0 Å². The lowest BCUT2D eigenvalue weighted by Crippen LogP contribution is -2.35. The highest BCUT2D eigenvalue weighted by atomic mass is 16.2. The third-order valence-corrected chi connectivity index (χ3v) is 5.40. The first-order chi connectivity index (χ1) is 12.6.